The number of pyridine rings is 1. The average Bonchev–Trinajstić information content (AvgIpc) is 2.37. The van der Waals surface area contributed by atoms with Crippen LogP contribution in [0.1, 0.15) is 38.3 Å². The maximum atomic E-state index is 5.88. The predicted molar refractivity (Wildman–Crippen MR) is 73.1 cm³/mol. The molecule has 0 aliphatic carbocycles. The van der Waals surface area contributed by atoms with Crippen LogP contribution >= 0.6 is 0 Å². The third-order valence-corrected chi connectivity index (χ3v) is 2.95. The van der Waals surface area contributed by atoms with Gasteiger partial charge in [0.25, 0.3) is 0 Å². The van der Waals surface area contributed by atoms with Crippen LogP contribution in [-0.2, 0) is 0 Å². The Balaban J connectivity index is 2.61. The summed E-state index contributed by atoms with van der Waals surface area (Å²) in [5.74, 6) is 0.356. The molecule has 1 atom stereocenters. The van der Waals surface area contributed by atoms with Gasteiger partial charge in [0.2, 0.25) is 0 Å². The molecule has 1 heterocycles. The smallest absolute Gasteiger partial charge is 0.0459 e. The summed E-state index contributed by atoms with van der Waals surface area (Å²) in [5.41, 5.74) is 7.00. The van der Waals surface area contributed by atoms with Gasteiger partial charge in [-0.05, 0) is 38.1 Å². The Morgan fingerprint density at radius 2 is 1.94 bits per heavy atom. The maximum absolute atomic E-state index is 5.88. The van der Waals surface area contributed by atoms with E-state index in [1.165, 1.54) is 12.8 Å². The zero-order valence-electron chi connectivity index (χ0n) is 11.1. The number of nitrogens with two attached hydrogens (primary N) is 1. The molecule has 17 heavy (non-hydrogen) atoms. The number of hydrogen-bond donors (Lipinski definition) is 1. The molecule has 2 N–H and O–H groups in total. The lowest BCUT2D eigenvalue weighted by Gasteiger charge is -2.25. The van der Waals surface area contributed by atoms with Gasteiger partial charge < -0.3 is 10.6 Å². The fourth-order valence-electron chi connectivity index (χ4n) is 2.14. The molecule has 0 fully saturated rings. The molecular formula is C14H25N3. The summed E-state index contributed by atoms with van der Waals surface area (Å²) in [6.07, 6.45) is 4.24. The second-order valence-corrected chi connectivity index (χ2v) is 4.49. The highest BCUT2D eigenvalue weighted by molar-refractivity contribution is 5.10. The van der Waals surface area contributed by atoms with Crippen molar-refractivity contribution in [3.8, 4) is 0 Å². The molecule has 0 aromatic carbocycles. The fraction of sp³-hybridized carbons (Fsp3) is 0.643. The summed E-state index contributed by atoms with van der Waals surface area (Å²) in [5, 5.41) is 0. The van der Waals surface area contributed by atoms with E-state index in [4.69, 9.17) is 5.73 Å². The molecule has 1 rings (SSSR count). The van der Waals surface area contributed by atoms with E-state index < -0.39 is 0 Å². The lowest BCUT2D eigenvalue weighted by Crippen LogP contribution is -2.33. The molecule has 0 saturated carbocycles. The first-order valence-electron chi connectivity index (χ1n) is 6.65. The minimum atomic E-state index is 0.356. The van der Waals surface area contributed by atoms with Crippen molar-refractivity contribution in [3.05, 3.63) is 30.1 Å². The lowest BCUT2D eigenvalue weighted by atomic mass is 10.0. The van der Waals surface area contributed by atoms with E-state index in [2.05, 4.69) is 29.8 Å². The van der Waals surface area contributed by atoms with Gasteiger partial charge in [-0.3, -0.25) is 4.98 Å². The number of nitrogens with zero attached hydrogens (tertiary/aromatic N) is 2. The summed E-state index contributed by atoms with van der Waals surface area (Å²) in [4.78, 5) is 6.91. The standard InChI is InChI=1S/C14H25N3/c1-3-9-17(10-4-2)12-13(11-15)14-7-5-6-8-16-14/h5-8,13H,3-4,9-12,15H2,1-2H3. The molecule has 0 amide bonds. The summed E-state index contributed by atoms with van der Waals surface area (Å²) in [6.45, 7) is 8.44. The topological polar surface area (TPSA) is 42.1 Å². The van der Waals surface area contributed by atoms with Gasteiger partial charge in [-0.15, -0.1) is 0 Å². The van der Waals surface area contributed by atoms with Crippen LogP contribution in [0, 0.1) is 0 Å². The van der Waals surface area contributed by atoms with Gasteiger partial charge in [0.15, 0.2) is 0 Å². The summed E-state index contributed by atoms with van der Waals surface area (Å²) in [7, 11) is 0. The first-order valence-corrected chi connectivity index (χ1v) is 6.65. The Labute approximate surface area is 105 Å². The minimum absolute atomic E-state index is 0.356. The van der Waals surface area contributed by atoms with Gasteiger partial charge in [-0.1, -0.05) is 19.9 Å². The van der Waals surface area contributed by atoms with E-state index in [0.29, 0.717) is 12.5 Å². The van der Waals surface area contributed by atoms with Crippen LogP contribution in [0.4, 0.5) is 0 Å². The molecule has 0 aliphatic rings. The van der Waals surface area contributed by atoms with Gasteiger partial charge in [0.05, 0.1) is 0 Å². The normalized spacial score (nSPS) is 12.9. The van der Waals surface area contributed by atoms with Gasteiger partial charge in [0, 0.05) is 30.9 Å². The highest BCUT2D eigenvalue weighted by Crippen LogP contribution is 2.13. The highest BCUT2D eigenvalue weighted by atomic mass is 15.1. The Hall–Kier alpha value is -0.930. The summed E-state index contributed by atoms with van der Waals surface area (Å²) >= 11 is 0. The Morgan fingerprint density at radius 3 is 2.41 bits per heavy atom. The molecule has 0 bridgehead atoms. The van der Waals surface area contributed by atoms with Gasteiger partial charge in [0.1, 0.15) is 0 Å². The third kappa shape index (κ3) is 4.84. The highest BCUT2D eigenvalue weighted by Gasteiger charge is 2.14. The minimum Gasteiger partial charge on any atom is -0.330 e. The van der Waals surface area contributed by atoms with E-state index in [9.17, 15) is 0 Å². The molecule has 3 heteroatoms. The first-order chi connectivity index (χ1) is 8.31. The molecular weight excluding hydrogens is 210 g/mol. The largest absolute Gasteiger partial charge is 0.330 e. The van der Waals surface area contributed by atoms with Crippen LogP contribution in [-0.4, -0.2) is 36.1 Å². The zero-order chi connectivity index (χ0) is 12.5. The lowest BCUT2D eigenvalue weighted by molar-refractivity contribution is 0.257. The van der Waals surface area contributed by atoms with Crippen molar-refractivity contribution in [1.82, 2.24) is 9.88 Å². The fourth-order valence-corrected chi connectivity index (χ4v) is 2.14. The maximum Gasteiger partial charge on any atom is 0.0459 e. The van der Waals surface area contributed by atoms with Crippen molar-refractivity contribution < 1.29 is 0 Å². The van der Waals surface area contributed by atoms with Crippen molar-refractivity contribution in [1.29, 1.82) is 0 Å². The number of hydrogen-bond acceptors (Lipinski definition) is 3. The molecule has 1 aromatic heterocycles. The number of aromatic nitrogens is 1. The van der Waals surface area contributed by atoms with Crippen molar-refractivity contribution in [2.45, 2.75) is 32.6 Å². The van der Waals surface area contributed by atoms with Crippen LogP contribution in [0.15, 0.2) is 24.4 Å². The molecule has 1 aromatic rings. The van der Waals surface area contributed by atoms with Crippen LogP contribution in [0.25, 0.3) is 0 Å². The molecule has 0 spiro atoms. The molecule has 1 unspecified atom stereocenters. The van der Waals surface area contributed by atoms with Crippen molar-refractivity contribution >= 4 is 0 Å². The van der Waals surface area contributed by atoms with E-state index in [0.717, 1.165) is 25.3 Å². The molecule has 0 saturated heterocycles. The average molecular weight is 235 g/mol. The monoisotopic (exact) mass is 235 g/mol. The number of rotatable bonds is 8. The second-order valence-electron chi connectivity index (χ2n) is 4.49. The Bertz CT molecular complexity index is 281. The summed E-state index contributed by atoms with van der Waals surface area (Å²) < 4.78 is 0. The quantitative estimate of drug-likeness (QED) is 0.751. The van der Waals surface area contributed by atoms with Crippen molar-refractivity contribution in [2.24, 2.45) is 5.73 Å². The van der Waals surface area contributed by atoms with Crippen LogP contribution < -0.4 is 5.73 Å². The van der Waals surface area contributed by atoms with Crippen LogP contribution in [0.5, 0.6) is 0 Å². The predicted octanol–water partition coefficient (Wildman–Crippen LogP) is 2.25. The Kier molecular flexibility index (Phi) is 6.82. The third-order valence-electron chi connectivity index (χ3n) is 2.95. The van der Waals surface area contributed by atoms with Gasteiger partial charge in [-0.25, -0.2) is 0 Å². The Morgan fingerprint density at radius 1 is 1.24 bits per heavy atom. The van der Waals surface area contributed by atoms with E-state index in [1.54, 1.807) is 0 Å². The van der Waals surface area contributed by atoms with Gasteiger partial charge in [-0.2, -0.15) is 0 Å². The molecule has 0 aliphatic heterocycles. The van der Waals surface area contributed by atoms with E-state index >= 15 is 0 Å². The van der Waals surface area contributed by atoms with E-state index in [1.807, 2.05) is 18.3 Å². The van der Waals surface area contributed by atoms with Crippen LogP contribution in [0.3, 0.4) is 0 Å². The molecule has 0 radical (unpaired) electrons. The molecule has 96 valence electrons. The van der Waals surface area contributed by atoms with Crippen molar-refractivity contribution in [2.75, 3.05) is 26.2 Å². The van der Waals surface area contributed by atoms with E-state index in [-0.39, 0.29) is 0 Å². The van der Waals surface area contributed by atoms with Crippen molar-refractivity contribution in [3.63, 3.8) is 0 Å². The van der Waals surface area contributed by atoms with Gasteiger partial charge >= 0.3 is 0 Å². The van der Waals surface area contributed by atoms with Crippen LogP contribution in [0.2, 0.25) is 0 Å². The SMILES string of the molecule is CCCN(CCC)CC(CN)c1ccccn1. The second kappa shape index (κ2) is 8.20. The zero-order valence-corrected chi connectivity index (χ0v) is 11.1. The summed E-state index contributed by atoms with van der Waals surface area (Å²) in [6, 6.07) is 6.06. The molecule has 3 nitrogen and oxygen atoms in total. The first kappa shape index (κ1) is 14.1.